The maximum atomic E-state index is 12.8. The predicted molar refractivity (Wildman–Crippen MR) is 385 cm³/mol. The summed E-state index contributed by atoms with van der Waals surface area (Å²) in [7, 11) is -4.40. The molecule has 0 rings (SSSR count). The van der Waals surface area contributed by atoms with E-state index >= 15 is 0 Å². The van der Waals surface area contributed by atoms with E-state index in [9.17, 15) is 19.0 Å². The number of hydrogen-bond acceptors (Lipinski definition) is 8. The van der Waals surface area contributed by atoms with Crippen LogP contribution in [0, 0.1) is 0 Å². The van der Waals surface area contributed by atoms with Crippen LogP contribution in [0.25, 0.3) is 0 Å². The topological polar surface area (TPSA) is 134 Å². The molecule has 0 aromatic rings. The summed E-state index contributed by atoms with van der Waals surface area (Å²) < 4.78 is 33.2. The van der Waals surface area contributed by atoms with Crippen LogP contribution in [-0.4, -0.2) is 49.3 Å². The van der Waals surface area contributed by atoms with Gasteiger partial charge < -0.3 is 20.1 Å². The van der Waals surface area contributed by atoms with Gasteiger partial charge in [-0.2, -0.15) is 0 Å². The van der Waals surface area contributed by atoms with E-state index in [0.717, 1.165) is 116 Å². The Hall–Kier alpha value is -4.11. The molecule has 89 heavy (non-hydrogen) atoms. The molecule has 0 heterocycles. The van der Waals surface area contributed by atoms with Gasteiger partial charge in [0.1, 0.15) is 6.61 Å². The SMILES string of the molecule is CC/C=C\C/C=C\C/C=C\C/C=C\C/C=C\C/C=C\C/C=C\CCCCCCCCCCCCCCCC(=O)OC(COC(=O)CCCCCCCCCCCCCCCCCCC/C=C\C/C=C\C/C=C\C/C=C\C/C=C\CC)COP(=O)(O)OCCN. The number of allylic oxidation sites excluding steroid dienone is 24. The number of rotatable bonds is 67. The lowest BCUT2D eigenvalue weighted by Gasteiger charge is -2.19. The van der Waals surface area contributed by atoms with Crippen molar-refractivity contribution in [1.82, 2.24) is 0 Å². The zero-order chi connectivity index (χ0) is 64.4. The summed E-state index contributed by atoms with van der Waals surface area (Å²) in [5.74, 6) is -0.826. The lowest BCUT2D eigenvalue weighted by molar-refractivity contribution is -0.161. The van der Waals surface area contributed by atoms with Crippen molar-refractivity contribution in [1.29, 1.82) is 0 Å². The molecule has 0 aromatic carbocycles. The van der Waals surface area contributed by atoms with Crippen molar-refractivity contribution in [3.05, 3.63) is 146 Å². The number of carbonyl (C=O) groups excluding carboxylic acids is 2. The first-order valence-corrected chi connectivity index (χ1v) is 37.8. The summed E-state index contributed by atoms with van der Waals surface area (Å²) in [6, 6.07) is 0. The van der Waals surface area contributed by atoms with E-state index in [1.165, 1.54) is 161 Å². The largest absolute Gasteiger partial charge is 0.472 e. The molecule has 0 aliphatic carbocycles. The summed E-state index contributed by atoms with van der Waals surface area (Å²) in [4.78, 5) is 35.4. The summed E-state index contributed by atoms with van der Waals surface area (Å²) in [5, 5.41) is 0. The minimum atomic E-state index is -4.40. The van der Waals surface area contributed by atoms with Gasteiger partial charge in [-0.1, -0.05) is 327 Å². The number of carbonyl (C=O) groups is 2. The van der Waals surface area contributed by atoms with Crippen LogP contribution in [0.4, 0.5) is 0 Å². The van der Waals surface area contributed by atoms with Gasteiger partial charge in [0.05, 0.1) is 13.2 Å². The average Bonchev–Trinajstić information content (AvgIpc) is 3.66. The highest BCUT2D eigenvalue weighted by atomic mass is 31.2. The molecule has 0 saturated carbocycles. The minimum absolute atomic E-state index is 0.0486. The standard InChI is InChI=1S/C79H134NO8P/c1-3-5-7-9-11-13-15-17-19-21-23-25-27-29-31-33-35-37-38-40-42-44-46-48-50-52-54-56-58-60-62-64-66-68-70-72-79(82)88-77(76-87-89(83,84)86-74-73-80)75-85-78(81)71-69-67-65-63-61-59-57-55-53-51-49-47-45-43-41-39-36-34-32-30-28-26-24-22-20-18-16-14-12-10-8-6-4-2/h5-8,11-14,17-20,23-26,29-32,35,37,40,42,77H,3-4,9-10,15-16,21-22,27-28,33-34,36,38-39,41,43-76,80H2,1-2H3,(H,83,84)/b7-5-,8-6-,13-11-,14-12-,19-17-,20-18-,25-23-,26-24-,31-29-,32-30-,37-35-,42-40-. The van der Waals surface area contributed by atoms with Gasteiger partial charge in [0.25, 0.3) is 0 Å². The van der Waals surface area contributed by atoms with Gasteiger partial charge in [0, 0.05) is 19.4 Å². The fraction of sp³-hybridized carbons (Fsp3) is 0.671. The van der Waals surface area contributed by atoms with Crippen LogP contribution < -0.4 is 5.73 Å². The molecule has 3 N–H and O–H groups in total. The zero-order valence-electron chi connectivity index (χ0n) is 57.1. The van der Waals surface area contributed by atoms with Crippen molar-refractivity contribution in [2.45, 2.75) is 315 Å². The van der Waals surface area contributed by atoms with Gasteiger partial charge in [-0.15, -0.1) is 0 Å². The molecule has 0 fully saturated rings. The van der Waals surface area contributed by atoms with Crippen LogP contribution in [0.15, 0.2) is 146 Å². The van der Waals surface area contributed by atoms with Crippen molar-refractivity contribution in [2.24, 2.45) is 5.73 Å². The van der Waals surface area contributed by atoms with E-state index in [1.54, 1.807) is 0 Å². The van der Waals surface area contributed by atoms with E-state index in [2.05, 4.69) is 160 Å². The second-order valence-corrected chi connectivity index (χ2v) is 25.1. The van der Waals surface area contributed by atoms with Crippen LogP contribution >= 0.6 is 7.82 Å². The molecule has 0 bridgehead atoms. The summed E-state index contributed by atoms with van der Waals surface area (Å²) in [5.41, 5.74) is 5.41. The summed E-state index contributed by atoms with van der Waals surface area (Å²) >= 11 is 0. The molecule has 0 spiro atoms. The molecule has 0 radical (unpaired) electrons. The Labute approximate surface area is 547 Å². The van der Waals surface area contributed by atoms with Crippen molar-refractivity contribution < 1.29 is 37.6 Å². The Kier molecular flexibility index (Phi) is 69.6. The van der Waals surface area contributed by atoms with E-state index in [1.807, 2.05) is 0 Å². The van der Waals surface area contributed by atoms with Crippen molar-refractivity contribution in [2.75, 3.05) is 26.4 Å². The molecule has 0 aromatic heterocycles. The van der Waals surface area contributed by atoms with E-state index in [4.69, 9.17) is 24.3 Å². The highest BCUT2D eigenvalue weighted by Gasteiger charge is 2.26. The van der Waals surface area contributed by atoms with E-state index in [-0.39, 0.29) is 38.6 Å². The number of phosphoric acid groups is 1. The maximum absolute atomic E-state index is 12.8. The number of unbranched alkanes of at least 4 members (excludes halogenated alkanes) is 30. The van der Waals surface area contributed by atoms with Crippen LogP contribution in [0.5, 0.6) is 0 Å². The third-order valence-electron chi connectivity index (χ3n) is 15.2. The maximum Gasteiger partial charge on any atom is 0.472 e. The fourth-order valence-corrected chi connectivity index (χ4v) is 10.7. The smallest absolute Gasteiger partial charge is 0.462 e. The van der Waals surface area contributed by atoms with Crippen LogP contribution in [0.1, 0.15) is 309 Å². The molecule has 9 nitrogen and oxygen atoms in total. The molecular weight excluding hydrogens is 1120 g/mol. The quantitative estimate of drug-likeness (QED) is 0.0264. The molecule has 2 unspecified atom stereocenters. The van der Waals surface area contributed by atoms with Crippen molar-refractivity contribution in [3.63, 3.8) is 0 Å². The molecule has 10 heteroatoms. The molecule has 0 aliphatic rings. The highest BCUT2D eigenvalue weighted by Crippen LogP contribution is 2.43. The minimum Gasteiger partial charge on any atom is -0.462 e. The van der Waals surface area contributed by atoms with Crippen molar-refractivity contribution in [3.8, 4) is 0 Å². The van der Waals surface area contributed by atoms with Crippen LogP contribution in [0.2, 0.25) is 0 Å². The van der Waals surface area contributed by atoms with Crippen LogP contribution in [0.3, 0.4) is 0 Å². The van der Waals surface area contributed by atoms with Gasteiger partial charge in [-0.25, -0.2) is 4.57 Å². The van der Waals surface area contributed by atoms with Gasteiger partial charge in [-0.05, 0) is 116 Å². The number of esters is 2. The number of nitrogens with two attached hydrogens (primary N) is 1. The second kappa shape index (κ2) is 72.9. The van der Waals surface area contributed by atoms with Gasteiger partial charge >= 0.3 is 19.8 Å². The number of ether oxygens (including phenoxy) is 2. The summed E-state index contributed by atoms with van der Waals surface area (Å²) in [6.07, 6.45) is 105. The number of phosphoric ester groups is 1. The second-order valence-electron chi connectivity index (χ2n) is 23.7. The van der Waals surface area contributed by atoms with E-state index < -0.39 is 26.5 Å². The fourth-order valence-electron chi connectivity index (χ4n) is 9.94. The first-order chi connectivity index (χ1) is 43.8. The monoisotopic (exact) mass is 1260 g/mol. The van der Waals surface area contributed by atoms with Crippen LogP contribution in [-0.2, 0) is 32.7 Å². The Morgan fingerprint density at radius 3 is 0.865 bits per heavy atom. The highest BCUT2D eigenvalue weighted by molar-refractivity contribution is 7.47. The van der Waals surface area contributed by atoms with E-state index in [0.29, 0.717) is 6.42 Å². The Balaban J connectivity index is 3.89. The number of hydrogen-bond donors (Lipinski definition) is 2. The normalized spacial score (nSPS) is 13.8. The third kappa shape index (κ3) is 72.8. The first-order valence-electron chi connectivity index (χ1n) is 36.3. The van der Waals surface area contributed by atoms with Gasteiger partial charge in [0.15, 0.2) is 6.10 Å². The average molecular weight is 1260 g/mol. The molecule has 2 atom stereocenters. The Morgan fingerprint density at radius 1 is 0.337 bits per heavy atom. The third-order valence-corrected chi connectivity index (χ3v) is 16.2. The first kappa shape index (κ1) is 84.9. The molecule has 0 aliphatic heterocycles. The lowest BCUT2D eigenvalue weighted by atomic mass is 10.0. The Morgan fingerprint density at radius 2 is 0.584 bits per heavy atom. The lowest BCUT2D eigenvalue weighted by Crippen LogP contribution is -2.29. The molecule has 0 saturated heterocycles. The zero-order valence-corrected chi connectivity index (χ0v) is 58.0. The van der Waals surface area contributed by atoms with Gasteiger partial charge in [0.2, 0.25) is 0 Å². The molecule has 0 amide bonds. The van der Waals surface area contributed by atoms with Gasteiger partial charge in [-0.3, -0.25) is 18.6 Å². The molecule has 508 valence electrons. The van der Waals surface area contributed by atoms with Crippen molar-refractivity contribution >= 4 is 19.8 Å². The summed E-state index contributed by atoms with van der Waals surface area (Å²) in [6.45, 7) is 3.54. The molecular formula is C79H134NO8P. The Bertz CT molecular complexity index is 1970. The predicted octanol–water partition coefficient (Wildman–Crippen LogP) is 24.2.